The topological polar surface area (TPSA) is 33.6 Å². The van der Waals surface area contributed by atoms with Crippen molar-refractivity contribution in [3.63, 3.8) is 0 Å². The molecule has 3 nitrogen and oxygen atoms in total. The standard InChI is InChI=1S/C13H22N2OS/c1-8-7-17-13(14-9(8)2)15-11-5-6-16-12(11)10-3-4-10/h8-12H,3-7H2,1-2H3,(H,14,15). The predicted molar refractivity (Wildman–Crippen MR) is 72.5 cm³/mol. The largest absolute Gasteiger partial charge is 0.376 e. The minimum atomic E-state index is 0.415. The number of rotatable bonds is 2. The highest BCUT2D eigenvalue weighted by Gasteiger charge is 2.41. The summed E-state index contributed by atoms with van der Waals surface area (Å²) < 4.78 is 5.83. The van der Waals surface area contributed by atoms with Crippen molar-refractivity contribution in [2.24, 2.45) is 16.8 Å². The average Bonchev–Trinajstić information content (AvgIpc) is 3.05. The summed E-state index contributed by atoms with van der Waals surface area (Å²) in [5.74, 6) is 2.73. The Hall–Kier alpha value is -0.220. The van der Waals surface area contributed by atoms with E-state index in [4.69, 9.17) is 9.73 Å². The fourth-order valence-electron chi connectivity index (χ4n) is 2.57. The lowest BCUT2D eigenvalue weighted by atomic mass is 10.1. The van der Waals surface area contributed by atoms with Gasteiger partial charge in [-0.1, -0.05) is 18.7 Å². The molecule has 4 unspecified atom stereocenters. The van der Waals surface area contributed by atoms with E-state index in [1.165, 1.54) is 18.6 Å². The first-order valence-electron chi connectivity index (χ1n) is 6.83. The van der Waals surface area contributed by atoms with E-state index in [0.717, 1.165) is 30.0 Å². The van der Waals surface area contributed by atoms with Crippen LogP contribution in [0.25, 0.3) is 0 Å². The van der Waals surface area contributed by atoms with E-state index in [0.29, 0.717) is 18.2 Å². The van der Waals surface area contributed by atoms with E-state index in [1.807, 2.05) is 11.8 Å². The van der Waals surface area contributed by atoms with Gasteiger partial charge in [-0.2, -0.15) is 0 Å². The maximum absolute atomic E-state index is 5.83. The van der Waals surface area contributed by atoms with Crippen LogP contribution in [0.4, 0.5) is 0 Å². The summed E-state index contributed by atoms with van der Waals surface area (Å²) in [5, 5.41) is 4.68. The summed E-state index contributed by atoms with van der Waals surface area (Å²) in [7, 11) is 0. The molecule has 0 aromatic heterocycles. The molecule has 2 aliphatic heterocycles. The van der Waals surface area contributed by atoms with Crippen molar-refractivity contribution in [3.05, 3.63) is 0 Å². The van der Waals surface area contributed by atoms with Crippen LogP contribution in [-0.4, -0.2) is 35.7 Å². The van der Waals surface area contributed by atoms with Gasteiger partial charge in [0.2, 0.25) is 0 Å². The molecular formula is C13H22N2OS. The summed E-state index contributed by atoms with van der Waals surface area (Å²) in [6.07, 6.45) is 4.22. The number of nitrogens with one attached hydrogen (secondary N) is 1. The minimum absolute atomic E-state index is 0.415. The monoisotopic (exact) mass is 254 g/mol. The van der Waals surface area contributed by atoms with Crippen LogP contribution in [0.15, 0.2) is 4.99 Å². The van der Waals surface area contributed by atoms with Gasteiger partial charge in [-0.05, 0) is 38.0 Å². The Morgan fingerprint density at radius 2 is 2.12 bits per heavy atom. The van der Waals surface area contributed by atoms with Crippen LogP contribution in [0.5, 0.6) is 0 Å². The van der Waals surface area contributed by atoms with Gasteiger partial charge in [-0.25, -0.2) is 0 Å². The van der Waals surface area contributed by atoms with Gasteiger partial charge >= 0.3 is 0 Å². The first-order chi connectivity index (χ1) is 8.24. The number of hydrogen-bond acceptors (Lipinski definition) is 3. The summed E-state index contributed by atoms with van der Waals surface area (Å²) in [6, 6.07) is 0.967. The summed E-state index contributed by atoms with van der Waals surface area (Å²) >= 11 is 1.88. The molecular weight excluding hydrogens is 232 g/mol. The Bertz CT molecular complexity index is 317. The molecule has 1 saturated carbocycles. The van der Waals surface area contributed by atoms with E-state index < -0.39 is 0 Å². The first-order valence-corrected chi connectivity index (χ1v) is 7.81. The number of ether oxygens (including phenoxy) is 1. The smallest absolute Gasteiger partial charge is 0.157 e. The molecule has 0 bridgehead atoms. The van der Waals surface area contributed by atoms with Crippen molar-refractivity contribution < 1.29 is 4.74 Å². The van der Waals surface area contributed by atoms with Crippen molar-refractivity contribution in [1.82, 2.24) is 5.32 Å². The van der Waals surface area contributed by atoms with E-state index in [2.05, 4.69) is 19.2 Å². The molecule has 96 valence electrons. The Balaban J connectivity index is 1.64. The molecule has 2 saturated heterocycles. The Morgan fingerprint density at radius 1 is 1.29 bits per heavy atom. The molecule has 0 amide bonds. The van der Waals surface area contributed by atoms with Crippen LogP contribution in [0.2, 0.25) is 0 Å². The van der Waals surface area contributed by atoms with Crippen molar-refractivity contribution in [2.75, 3.05) is 12.4 Å². The van der Waals surface area contributed by atoms with Crippen molar-refractivity contribution >= 4 is 16.9 Å². The highest BCUT2D eigenvalue weighted by Crippen LogP contribution is 2.40. The van der Waals surface area contributed by atoms with E-state index in [-0.39, 0.29) is 0 Å². The lowest BCUT2D eigenvalue weighted by Crippen LogP contribution is -2.42. The predicted octanol–water partition coefficient (Wildman–Crippen LogP) is 2.27. The van der Waals surface area contributed by atoms with Crippen LogP contribution in [-0.2, 0) is 4.74 Å². The van der Waals surface area contributed by atoms with Gasteiger partial charge in [0, 0.05) is 18.4 Å². The van der Waals surface area contributed by atoms with Crippen LogP contribution in [0, 0.1) is 11.8 Å². The highest BCUT2D eigenvalue weighted by atomic mass is 32.2. The fraction of sp³-hybridized carbons (Fsp3) is 0.923. The molecule has 0 aromatic carbocycles. The van der Waals surface area contributed by atoms with Crippen LogP contribution in [0.1, 0.15) is 33.1 Å². The zero-order valence-electron chi connectivity index (χ0n) is 10.7. The molecule has 2 heterocycles. The first kappa shape index (κ1) is 11.8. The number of thioether (sulfide) groups is 1. The molecule has 0 spiro atoms. The average molecular weight is 254 g/mol. The van der Waals surface area contributed by atoms with Crippen molar-refractivity contribution in [2.45, 2.75) is 51.3 Å². The summed E-state index contributed by atoms with van der Waals surface area (Å²) in [6.45, 7) is 5.45. The van der Waals surface area contributed by atoms with Crippen LogP contribution < -0.4 is 5.32 Å². The molecule has 0 radical (unpaired) electrons. The number of amidine groups is 1. The molecule has 17 heavy (non-hydrogen) atoms. The number of nitrogens with zero attached hydrogens (tertiary/aromatic N) is 1. The van der Waals surface area contributed by atoms with Gasteiger partial charge in [0.05, 0.1) is 12.1 Å². The molecule has 3 fully saturated rings. The second-order valence-corrected chi connectivity index (χ2v) is 6.69. The molecule has 4 heteroatoms. The molecule has 0 aromatic rings. The van der Waals surface area contributed by atoms with E-state index in [9.17, 15) is 0 Å². The third kappa shape index (κ3) is 2.63. The van der Waals surface area contributed by atoms with Gasteiger partial charge in [0.15, 0.2) is 5.17 Å². The Labute approximate surface area is 108 Å². The van der Waals surface area contributed by atoms with Crippen molar-refractivity contribution in [1.29, 1.82) is 0 Å². The maximum Gasteiger partial charge on any atom is 0.157 e. The molecule has 3 rings (SSSR count). The van der Waals surface area contributed by atoms with Gasteiger partial charge in [0.1, 0.15) is 0 Å². The maximum atomic E-state index is 5.83. The van der Waals surface area contributed by atoms with Crippen molar-refractivity contribution in [3.8, 4) is 0 Å². The highest BCUT2D eigenvalue weighted by molar-refractivity contribution is 8.13. The zero-order chi connectivity index (χ0) is 11.8. The van der Waals surface area contributed by atoms with Gasteiger partial charge in [-0.15, -0.1) is 0 Å². The SMILES string of the molecule is CC1CSC(=NC2CCOC2C2CC2)NC1C. The summed E-state index contributed by atoms with van der Waals surface area (Å²) in [5.41, 5.74) is 0. The van der Waals surface area contributed by atoms with Gasteiger partial charge in [-0.3, -0.25) is 4.99 Å². The third-order valence-electron chi connectivity index (χ3n) is 4.16. The van der Waals surface area contributed by atoms with Gasteiger partial charge < -0.3 is 10.1 Å². The zero-order valence-corrected chi connectivity index (χ0v) is 11.5. The Kier molecular flexibility index (Phi) is 3.35. The van der Waals surface area contributed by atoms with Crippen LogP contribution in [0.3, 0.4) is 0 Å². The van der Waals surface area contributed by atoms with Gasteiger partial charge in [0.25, 0.3) is 0 Å². The summed E-state index contributed by atoms with van der Waals surface area (Å²) in [4.78, 5) is 4.91. The molecule has 4 atom stereocenters. The number of aliphatic imine (C=N–C) groups is 1. The lowest BCUT2D eigenvalue weighted by Gasteiger charge is -2.29. The molecule has 1 aliphatic carbocycles. The molecule has 3 aliphatic rings. The quantitative estimate of drug-likeness (QED) is 0.821. The Morgan fingerprint density at radius 3 is 2.82 bits per heavy atom. The second kappa shape index (κ2) is 4.81. The van der Waals surface area contributed by atoms with Crippen LogP contribution >= 0.6 is 11.8 Å². The lowest BCUT2D eigenvalue weighted by molar-refractivity contribution is 0.0875. The number of hydrogen-bond donors (Lipinski definition) is 1. The van der Waals surface area contributed by atoms with E-state index in [1.54, 1.807) is 0 Å². The molecule has 1 N–H and O–H groups in total. The fourth-order valence-corrected chi connectivity index (χ4v) is 3.76. The minimum Gasteiger partial charge on any atom is -0.376 e. The second-order valence-electron chi connectivity index (χ2n) is 5.68. The third-order valence-corrected chi connectivity index (χ3v) is 5.35. The van der Waals surface area contributed by atoms with E-state index >= 15 is 0 Å². The normalized spacial score (nSPS) is 44.9.